The Bertz CT molecular complexity index is 1450. The molecule has 0 aliphatic rings. The maximum absolute atomic E-state index is 13.4. The van der Waals surface area contributed by atoms with Gasteiger partial charge in [-0.25, -0.2) is 4.98 Å². The van der Waals surface area contributed by atoms with Gasteiger partial charge in [0.2, 0.25) is 11.8 Å². The average molecular weight is 569 g/mol. The standard InChI is InChI=1S/C32H36N6O4/c1-32(2,33)31(41)36-26(21-42-20-24-14-8-4-9-15-24)29(39)37-27-19-38(22-35-27)28(25-16-10-5-11-17-25)30(40)34-18-23-12-6-3-7-13-23/h3-17,19,22,26,28H,18,20-21,33H2,1-2H3,(H,34,40)(H,36,41)(H,37,39)/t26-,28?/m1/s1. The van der Waals surface area contributed by atoms with E-state index < -0.39 is 29.4 Å². The zero-order valence-corrected chi connectivity index (χ0v) is 23.7. The summed E-state index contributed by atoms with van der Waals surface area (Å²) in [7, 11) is 0. The Labute approximate surface area is 245 Å². The van der Waals surface area contributed by atoms with E-state index in [-0.39, 0.29) is 24.9 Å². The Morgan fingerprint density at radius 3 is 2.10 bits per heavy atom. The summed E-state index contributed by atoms with van der Waals surface area (Å²) in [6.45, 7) is 3.64. The van der Waals surface area contributed by atoms with Crippen molar-refractivity contribution in [3.63, 3.8) is 0 Å². The van der Waals surface area contributed by atoms with Crippen molar-refractivity contribution in [1.29, 1.82) is 0 Å². The van der Waals surface area contributed by atoms with Crippen molar-refractivity contribution in [1.82, 2.24) is 20.2 Å². The quantitative estimate of drug-likeness (QED) is 0.195. The smallest absolute Gasteiger partial charge is 0.250 e. The molecule has 0 aliphatic heterocycles. The molecule has 218 valence electrons. The van der Waals surface area contributed by atoms with Crippen LogP contribution in [0.1, 0.15) is 36.6 Å². The molecule has 0 radical (unpaired) electrons. The first-order valence-corrected chi connectivity index (χ1v) is 13.6. The van der Waals surface area contributed by atoms with Crippen LogP contribution in [0.25, 0.3) is 0 Å². The molecule has 4 aromatic rings. The molecule has 42 heavy (non-hydrogen) atoms. The molecule has 1 heterocycles. The van der Waals surface area contributed by atoms with E-state index in [9.17, 15) is 14.4 Å². The third-order valence-electron chi connectivity index (χ3n) is 6.43. The Balaban J connectivity index is 1.47. The predicted molar refractivity (Wildman–Crippen MR) is 160 cm³/mol. The number of aromatic nitrogens is 2. The van der Waals surface area contributed by atoms with Gasteiger partial charge in [0.1, 0.15) is 12.1 Å². The maximum atomic E-state index is 13.4. The van der Waals surface area contributed by atoms with Crippen LogP contribution < -0.4 is 21.7 Å². The average Bonchev–Trinajstić information content (AvgIpc) is 3.44. The van der Waals surface area contributed by atoms with Crippen molar-refractivity contribution >= 4 is 23.5 Å². The van der Waals surface area contributed by atoms with Crippen molar-refractivity contribution in [3.05, 3.63) is 120 Å². The topological polar surface area (TPSA) is 140 Å². The highest BCUT2D eigenvalue weighted by molar-refractivity contribution is 5.98. The van der Waals surface area contributed by atoms with Gasteiger partial charge in [-0.05, 0) is 30.5 Å². The number of anilines is 1. The first-order chi connectivity index (χ1) is 20.2. The number of benzene rings is 3. The fourth-order valence-electron chi connectivity index (χ4n) is 4.13. The molecule has 5 N–H and O–H groups in total. The fourth-order valence-corrected chi connectivity index (χ4v) is 4.13. The highest BCUT2D eigenvalue weighted by Gasteiger charge is 2.29. The van der Waals surface area contributed by atoms with Crippen LogP contribution in [-0.2, 0) is 32.3 Å². The summed E-state index contributed by atoms with van der Waals surface area (Å²) in [6.07, 6.45) is 3.06. The first-order valence-electron chi connectivity index (χ1n) is 13.6. The number of ether oxygens (including phenoxy) is 1. The third-order valence-corrected chi connectivity index (χ3v) is 6.43. The van der Waals surface area contributed by atoms with Gasteiger partial charge in [-0.3, -0.25) is 14.4 Å². The molecule has 1 unspecified atom stereocenters. The molecular weight excluding hydrogens is 532 g/mol. The molecule has 0 saturated carbocycles. The predicted octanol–water partition coefficient (Wildman–Crippen LogP) is 3.17. The van der Waals surface area contributed by atoms with Crippen LogP contribution in [0.5, 0.6) is 0 Å². The van der Waals surface area contributed by atoms with Gasteiger partial charge >= 0.3 is 0 Å². The molecule has 0 saturated heterocycles. The number of nitrogens with zero attached hydrogens (tertiary/aromatic N) is 2. The number of rotatable bonds is 13. The van der Waals surface area contributed by atoms with Crippen molar-refractivity contribution in [3.8, 4) is 0 Å². The number of carbonyl (C=O) groups excluding carboxylic acids is 3. The normalized spacial score (nSPS) is 12.6. The van der Waals surface area contributed by atoms with Gasteiger partial charge < -0.3 is 31.0 Å². The number of imidazole rings is 1. The van der Waals surface area contributed by atoms with E-state index in [1.807, 2.05) is 91.0 Å². The number of hydrogen-bond acceptors (Lipinski definition) is 6. The van der Waals surface area contributed by atoms with Crippen LogP contribution in [0.3, 0.4) is 0 Å². The lowest BCUT2D eigenvalue weighted by atomic mass is 10.1. The number of nitrogens with two attached hydrogens (primary N) is 1. The molecule has 0 aliphatic carbocycles. The van der Waals surface area contributed by atoms with E-state index in [2.05, 4.69) is 20.9 Å². The highest BCUT2D eigenvalue weighted by atomic mass is 16.5. The van der Waals surface area contributed by atoms with E-state index in [4.69, 9.17) is 10.5 Å². The van der Waals surface area contributed by atoms with Crippen LogP contribution in [0, 0.1) is 0 Å². The van der Waals surface area contributed by atoms with Gasteiger partial charge in [0.05, 0.1) is 25.1 Å². The Kier molecular flexibility index (Phi) is 10.2. The second-order valence-electron chi connectivity index (χ2n) is 10.5. The summed E-state index contributed by atoms with van der Waals surface area (Å²) in [5.41, 5.74) is 7.40. The number of carbonyl (C=O) groups is 3. The molecular formula is C32H36N6O4. The summed E-state index contributed by atoms with van der Waals surface area (Å²) >= 11 is 0. The number of nitrogens with one attached hydrogen (secondary N) is 3. The minimum absolute atomic E-state index is 0.0855. The van der Waals surface area contributed by atoms with Gasteiger partial charge in [-0.15, -0.1) is 0 Å². The van der Waals surface area contributed by atoms with Crippen molar-refractivity contribution in [2.45, 2.75) is 44.6 Å². The van der Waals surface area contributed by atoms with Gasteiger partial charge in [0, 0.05) is 12.7 Å². The fraction of sp³-hybridized carbons (Fsp3) is 0.250. The minimum atomic E-state index is -1.20. The van der Waals surface area contributed by atoms with E-state index in [1.54, 1.807) is 24.6 Å². The second kappa shape index (κ2) is 14.2. The molecule has 10 heteroatoms. The lowest BCUT2D eigenvalue weighted by molar-refractivity contribution is -0.130. The Hall–Kier alpha value is -4.80. The van der Waals surface area contributed by atoms with Crippen LogP contribution in [-0.4, -0.2) is 45.5 Å². The first kappa shape index (κ1) is 30.2. The van der Waals surface area contributed by atoms with Crippen molar-refractivity contribution in [2.75, 3.05) is 11.9 Å². The Morgan fingerprint density at radius 2 is 1.48 bits per heavy atom. The van der Waals surface area contributed by atoms with Crippen molar-refractivity contribution in [2.24, 2.45) is 5.73 Å². The van der Waals surface area contributed by atoms with E-state index >= 15 is 0 Å². The second-order valence-corrected chi connectivity index (χ2v) is 10.5. The summed E-state index contributed by atoms with van der Waals surface area (Å²) < 4.78 is 7.39. The van der Waals surface area contributed by atoms with Crippen molar-refractivity contribution < 1.29 is 19.1 Å². The van der Waals surface area contributed by atoms with Gasteiger partial charge in [-0.2, -0.15) is 0 Å². The van der Waals surface area contributed by atoms with Crippen LogP contribution in [0.4, 0.5) is 5.82 Å². The van der Waals surface area contributed by atoms with Crippen LogP contribution >= 0.6 is 0 Å². The molecule has 10 nitrogen and oxygen atoms in total. The van der Waals surface area contributed by atoms with Gasteiger partial charge in [-0.1, -0.05) is 91.0 Å². The molecule has 0 bridgehead atoms. The maximum Gasteiger partial charge on any atom is 0.250 e. The molecule has 1 aromatic heterocycles. The van der Waals surface area contributed by atoms with E-state index in [0.29, 0.717) is 6.54 Å². The lowest BCUT2D eigenvalue weighted by Crippen LogP contribution is -2.56. The molecule has 0 spiro atoms. The van der Waals surface area contributed by atoms with Gasteiger partial charge in [0.25, 0.3) is 5.91 Å². The summed E-state index contributed by atoms with van der Waals surface area (Å²) in [5, 5.41) is 8.39. The lowest BCUT2D eigenvalue weighted by Gasteiger charge is -2.23. The SMILES string of the molecule is CC(C)(N)C(=O)N[C@H](COCc1ccccc1)C(=O)Nc1cn(C(C(=O)NCc2ccccc2)c2ccccc2)cn1. The van der Waals surface area contributed by atoms with E-state index in [1.165, 1.54) is 6.33 Å². The largest absolute Gasteiger partial charge is 0.374 e. The molecule has 2 atom stereocenters. The molecule has 3 amide bonds. The van der Waals surface area contributed by atoms with Crippen LogP contribution in [0.15, 0.2) is 104 Å². The summed E-state index contributed by atoms with van der Waals surface area (Å²) in [6, 6.07) is 26.7. The summed E-state index contributed by atoms with van der Waals surface area (Å²) in [4.78, 5) is 43.6. The Morgan fingerprint density at radius 1 is 0.881 bits per heavy atom. The zero-order chi connectivity index (χ0) is 30.0. The third kappa shape index (κ3) is 8.60. The summed E-state index contributed by atoms with van der Waals surface area (Å²) in [5.74, 6) is -1.05. The number of amides is 3. The van der Waals surface area contributed by atoms with Gasteiger partial charge in [0.15, 0.2) is 5.82 Å². The minimum Gasteiger partial charge on any atom is -0.374 e. The molecule has 3 aromatic carbocycles. The highest BCUT2D eigenvalue weighted by Crippen LogP contribution is 2.21. The van der Waals surface area contributed by atoms with E-state index in [0.717, 1.165) is 16.7 Å². The zero-order valence-electron chi connectivity index (χ0n) is 23.7. The number of hydrogen-bond donors (Lipinski definition) is 4. The van der Waals surface area contributed by atoms with Crippen LogP contribution in [0.2, 0.25) is 0 Å². The molecule has 0 fully saturated rings. The molecule has 4 rings (SSSR count). The monoisotopic (exact) mass is 568 g/mol.